The van der Waals surface area contributed by atoms with Gasteiger partial charge in [0, 0.05) is 38.2 Å². The first-order valence-electron chi connectivity index (χ1n) is 9.84. The number of carbonyl (C=O) groups is 1. The van der Waals surface area contributed by atoms with Gasteiger partial charge >= 0.3 is 0 Å². The molecule has 8 heteroatoms. The predicted octanol–water partition coefficient (Wildman–Crippen LogP) is 2.08. The number of hydrogen-bond acceptors (Lipinski definition) is 4. The van der Waals surface area contributed by atoms with Crippen molar-refractivity contribution < 1.29 is 4.79 Å². The molecular formula is C20H29N7O. The molecule has 0 spiro atoms. The summed E-state index contributed by atoms with van der Waals surface area (Å²) in [4.78, 5) is 16.7. The second kappa shape index (κ2) is 9.34. The Bertz CT molecular complexity index is 843. The Morgan fingerprint density at radius 2 is 2.14 bits per heavy atom. The van der Waals surface area contributed by atoms with Crippen molar-refractivity contribution in [3.05, 3.63) is 41.5 Å². The van der Waals surface area contributed by atoms with Gasteiger partial charge in [-0.1, -0.05) is 31.5 Å². The number of aryl methyl sites for hydroxylation is 1. The number of hydrogen-bond donors (Lipinski definition) is 3. The molecule has 2 aromatic rings. The van der Waals surface area contributed by atoms with Crippen LogP contribution in [-0.4, -0.2) is 39.7 Å². The van der Waals surface area contributed by atoms with Crippen LogP contribution < -0.4 is 16.0 Å². The van der Waals surface area contributed by atoms with Gasteiger partial charge in [0.2, 0.25) is 5.91 Å². The van der Waals surface area contributed by atoms with Crippen LogP contribution in [0.3, 0.4) is 0 Å². The van der Waals surface area contributed by atoms with E-state index in [0.717, 1.165) is 48.2 Å². The van der Waals surface area contributed by atoms with E-state index in [1.165, 1.54) is 0 Å². The van der Waals surface area contributed by atoms with Crippen molar-refractivity contribution in [2.24, 2.45) is 12.0 Å². The maximum Gasteiger partial charge on any atom is 0.225 e. The lowest BCUT2D eigenvalue weighted by Crippen LogP contribution is -2.41. The number of aliphatic imine (C=N–C) groups is 1. The Morgan fingerprint density at radius 3 is 2.89 bits per heavy atom. The number of amides is 1. The molecule has 3 N–H and O–H groups in total. The summed E-state index contributed by atoms with van der Waals surface area (Å²) in [6.45, 7) is 6.01. The average Bonchev–Trinajstić information content (AvgIpc) is 3.01. The summed E-state index contributed by atoms with van der Waals surface area (Å²) in [6.07, 6.45) is 2.64. The number of unbranched alkanes of at least 4 members (excludes halogenated alkanes) is 1. The summed E-state index contributed by atoms with van der Waals surface area (Å²) in [6, 6.07) is 7.97. The summed E-state index contributed by atoms with van der Waals surface area (Å²) in [5, 5.41) is 18.0. The van der Waals surface area contributed by atoms with Crippen LogP contribution in [0.1, 0.15) is 49.3 Å². The van der Waals surface area contributed by atoms with Crippen LogP contribution in [0.5, 0.6) is 0 Å². The number of nitrogens with zero attached hydrogens (tertiary/aromatic N) is 4. The van der Waals surface area contributed by atoms with Gasteiger partial charge in [-0.3, -0.25) is 4.79 Å². The maximum absolute atomic E-state index is 12.0. The monoisotopic (exact) mass is 383 g/mol. The molecule has 1 aliphatic heterocycles. The van der Waals surface area contributed by atoms with Gasteiger partial charge in [0.1, 0.15) is 12.4 Å². The Balaban J connectivity index is 1.68. The molecule has 0 saturated carbocycles. The highest BCUT2D eigenvalue weighted by atomic mass is 16.1. The van der Waals surface area contributed by atoms with E-state index in [2.05, 4.69) is 44.1 Å². The molecule has 0 saturated heterocycles. The van der Waals surface area contributed by atoms with E-state index in [1.54, 1.807) is 0 Å². The van der Waals surface area contributed by atoms with Crippen molar-refractivity contribution in [1.82, 2.24) is 25.4 Å². The zero-order valence-corrected chi connectivity index (χ0v) is 16.8. The van der Waals surface area contributed by atoms with Crippen molar-refractivity contribution in [2.45, 2.75) is 45.6 Å². The Labute approximate surface area is 165 Å². The summed E-state index contributed by atoms with van der Waals surface area (Å²) in [5.41, 5.74) is 2.06. The second-order valence-electron chi connectivity index (χ2n) is 7.08. The average molecular weight is 384 g/mol. The van der Waals surface area contributed by atoms with Crippen molar-refractivity contribution >= 4 is 17.6 Å². The largest absolute Gasteiger partial charge is 0.356 e. The fraction of sp³-hybridized carbons (Fsp3) is 0.500. The molecule has 1 aliphatic rings. The summed E-state index contributed by atoms with van der Waals surface area (Å²) in [7, 11) is 1.94. The number of benzene rings is 1. The Kier molecular flexibility index (Phi) is 6.62. The number of aromatic nitrogens is 3. The van der Waals surface area contributed by atoms with E-state index in [0.29, 0.717) is 19.5 Å². The number of para-hydroxylation sites is 1. The molecule has 3 rings (SSSR count). The fourth-order valence-electron chi connectivity index (χ4n) is 3.20. The minimum atomic E-state index is 0.0532. The molecule has 1 unspecified atom stereocenters. The van der Waals surface area contributed by atoms with Crippen LogP contribution in [0.2, 0.25) is 0 Å². The van der Waals surface area contributed by atoms with Crippen LogP contribution in [-0.2, 0) is 18.4 Å². The van der Waals surface area contributed by atoms with Gasteiger partial charge in [-0.2, -0.15) is 0 Å². The van der Waals surface area contributed by atoms with Gasteiger partial charge in [-0.05, 0) is 25.0 Å². The van der Waals surface area contributed by atoms with Crippen LogP contribution >= 0.6 is 0 Å². The first kappa shape index (κ1) is 19.9. The van der Waals surface area contributed by atoms with Crippen LogP contribution in [0.4, 0.5) is 5.69 Å². The SMILES string of the molecule is CCCCNC(=NCc1nnc(C)n1C)NCC1CC(=O)Nc2ccccc21. The number of nitrogens with one attached hydrogen (secondary N) is 3. The molecule has 1 atom stereocenters. The van der Waals surface area contributed by atoms with Crippen molar-refractivity contribution in [3.8, 4) is 0 Å². The number of guanidine groups is 1. The molecule has 8 nitrogen and oxygen atoms in total. The zero-order valence-electron chi connectivity index (χ0n) is 16.8. The second-order valence-corrected chi connectivity index (χ2v) is 7.08. The first-order valence-corrected chi connectivity index (χ1v) is 9.84. The maximum atomic E-state index is 12.0. The Morgan fingerprint density at radius 1 is 1.32 bits per heavy atom. The third kappa shape index (κ3) is 4.88. The Hall–Kier alpha value is -2.90. The highest BCUT2D eigenvalue weighted by Crippen LogP contribution is 2.31. The van der Waals surface area contributed by atoms with Crippen molar-refractivity contribution in [1.29, 1.82) is 0 Å². The summed E-state index contributed by atoms with van der Waals surface area (Å²) in [5.74, 6) is 2.58. The van der Waals surface area contributed by atoms with Crippen molar-refractivity contribution in [3.63, 3.8) is 0 Å². The molecule has 1 aromatic heterocycles. The normalized spacial score (nSPS) is 16.5. The smallest absolute Gasteiger partial charge is 0.225 e. The molecule has 2 heterocycles. The molecule has 150 valence electrons. The fourth-order valence-corrected chi connectivity index (χ4v) is 3.20. The van der Waals surface area contributed by atoms with Gasteiger partial charge in [-0.15, -0.1) is 10.2 Å². The molecule has 0 bridgehead atoms. The first-order chi connectivity index (χ1) is 13.6. The van der Waals surface area contributed by atoms with Gasteiger partial charge in [-0.25, -0.2) is 4.99 Å². The van der Waals surface area contributed by atoms with E-state index in [1.807, 2.05) is 36.7 Å². The van der Waals surface area contributed by atoms with Gasteiger partial charge in [0.15, 0.2) is 11.8 Å². The number of rotatable bonds is 7. The number of carbonyl (C=O) groups excluding carboxylic acids is 1. The lowest BCUT2D eigenvalue weighted by Gasteiger charge is -2.26. The molecule has 0 radical (unpaired) electrons. The number of fused-ring (bicyclic) bond motifs is 1. The van der Waals surface area contributed by atoms with Crippen LogP contribution in [0.25, 0.3) is 0 Å². The molecule has 1 amide bonds. The van der Waals surface area contributed by atoms with Gasteiger partial charge in [0.05, 0.1) is 0 Å². The quantitative estimate of drug-likeness (QED) is 0.386. The van der Waals surface area contributed by atoms with Crippen molar-refractivity contribution in [2.75, 3.05) is 18.4 Å². The van der Waals surface area contributed by atoms with Gasteiger partial charge < -0.3 is 20.5 Å². The molecule has 28 heavy (non-hydrogen) atoms. The molecule has 0 fully saturated rings. The standard InChI is InChI=1S/C20H29N7O/c1-4-5-10-21-20(23-13-18-26-25-14(2)27(18)3)22-12-15-11-19(28)24-17-9-7-6-8-16(15)17/h6-9,15H,4-5,10-13H2,1-3H3,(H,24,28)(H2,21,22,23). The third-order valence-corrected chi connectivity index (χ3v) is 5.01. The van der Waals surface area contributed by atoms with E-state index in [-0.39, 0.29) is 11.8 Å². The topological polar surface area (TPSA) is 96.2 Å². The third-order valence-electron chi connectivity index (χ3n) is 5.01. The van der Waals surface area contributed by atoms with E-state index in [4.69, 9.17) is 0 Å². The van der Waals surface area contributed by atoms with E-state index >= 15 is 0 Å². The lowest BCUT2D eigenvalue weighted by molar-refractivity contribution is -0.116. The highest BCUT2D eigenvalue weighted by Gasteiger charge is 2.24. The number of anilines is 1. The molecule has 1 aromatic carbocycles. The van der Waals surface area contributed by atoms with E-state index < -0.39 is 0 Å². The predicted molar refractivity (Wildman–Crippen MR) is 110 cm³/mol. The molecular weight excluding hydrogens is 354 g/mol. The molecule has 0 aliphatic carbocycles. The van der Waals surface area contributed by atoms with Crippen LogP contribution in [0.15, 0.2) is 29.3 Å². The van der Waals surface area contributed by atoms with E-state index in [9.17, 15) is 4.79 Å². The van der Waals surface area contributed by atoms with Gasteiger partial charge in [0.25, 0.3) is 0 Å². The lowest BCUT2D eigenvalue weighted by atomic mass is 9.90. The van der Waals surface area contributed by atoms with Crippen LogP contribution in [0, 0.1) is 6.92 Å². The summed E-state index contributed by atoms with van der Waals surface area (Å²) < 4.78 is 1.94. The minimum absolute atomic E-state index is 0.0532. The minimum Gasteiger partial charge on any atom is -0.356 e. The highest BCUT2D eigenvalue weighted by molar-refractivity contribution is 5.94. The summed E-state index contributed by atoms with van der Waals surface area (Å²) >= 11 is 0. The zero-order chi connectivity index (χ0) is 19.9.